The summed E-state index contributed by atoms with van der Waals surface area (Å²) < 4.78 is 10.6. The standard InChI is InChI=1S/C16H19Cl2N3O2/c1-16(2,14-15(18)21-13(17)9-19-14)20-8-10-5-6-11(22-3)7-12(10)23-4/h5-7,9,20H,8H2,1-4H3. The Bertz CT molecular complexity index is 693. The van der Waals surface area contributed by atoms with Gasteiger partial charge in [-0.2, -0.15) is 0 Å². The Morgan fingerprint density at radius 3 is 2.52 bits per heavy atom. The molecule has 0 amide bonds. The molecular weight excluding hydrogens is 337 g/mol. The van der Waals surface area contributed by atoms with Crippen molar-refractivity contribution >= 4 is 23.2 Å². The molecule has 0 saturated heterocycles. The van der Waals surface area contributed by atoms with E-state index in [0.717, 1.165) is 17.1 Å². The van der Waals surface area contributed by atoms with E-state index < -0.39 is 5.54 Å². The lowest BCUT2D eigenvalue weighted by Gasteiger charge is -2.26. The molecule has 5 nitrogen and oxygen atoms in total. The molecule has 0 spiro atoms. The molecule has 124 valence electrons. The number of methoxy groups -OCH3 is 2. The summed E-state index contributed by atoms with van der Waals surface area (Å²) >= 11 is 12.0. The molecule has 0 unspecified atom stereocenters. The van der Waals surface area contributed by atoms with Crippen molar-refractivity contribution in [1.29, 1.82) is 0 Å². The van der Waals surface area contributed by atoms with Crippen LogP contribution in [0.4, 0.5) is 0 Å². The van der Waals surface area contributed by atoms with Crippen LogP contribution in [0, 0.1) is 0 Å². The molecule has 1 aromatic carbocycles. The zero-order valence-corrected chi connectivity index (χ0v) is 15.0. The van der Waals surface area contributed by atoms with Gasteiger partial charge in [0.1, 0.15) is 16.7 Å². The molecule has 0 aliphatic rings. The number of rotatable bonds is 6. The van der Waals surface area contributed by atoms with Gasteiger partial charge in [-0.05, 0) is 19.9 Å². The van der Waals surface area contributed by atoms with Crippen LogP contribution < -0.4 is 14.8 Å². The Morgan fingerprint density at radius 2 is 1.91 bits per heavy atom. The number of nitrogens with zero attached hydrogens (tertiary/aromatic N) is 2. The molecule has 0 saturated carbocycles. The summed E-state index contributed by atoms with van der Waals surface area (Å²) in [5.74, 6) is 1.50. The highest BCUT2D eigenvalue weighted by atomic mass is 35.5. The van der Waals surface area contributed by atoms with Gasteiger partial charge in [-0.15, -0.1) is 0 Å². The van der Waals surface area contributed by atoms with E-state index in [1.807, 2.05) is 32.0 Å². The molecule has 7 heteroatoms. The third kappa shape index (κ3) is 4.25. The second-order valence-corrected chi connectivity index (χ2v) is 6.23. The Morgan fingerprint density at radius 1 is 1.17 bits per heavy atom. The van der Waals surface area contributed by atoms with Gasteiger partial charge in [0.25, 0.3) is 0 Å². The second kappa shape index (κ2) is 7.34. The third-order valence-electron chi connectivity index (χ3n) is 3.51. The van der Waals surface area contributed by atoms with Gasteiger partial charge in [0.15, 0.2) is 5.15 Å². The summed E-state index contributed by atoms with van der Waals surface area (Å²) in [5, 5.41) is 3.97. The third-order valence-corrected chi connectivity index (χ3v) is 3.95. The van der Waals surface area contributed by atoms with Crippen molar-refractivity contribution in [3.8, 4) is 11.5 Å². The fraction of sp³-hybridized carbons (Fsp3) is 0.375. The van der Waals surface area contributed by atoms with E-state index in [0.29, 0.717) is 12.2 Å². The first-order valence-corrected chi connectivity index (χ1v) is 7.77. The quantitative estimate of drug-likeness (QED) is 0.853. The van der Waals surface area contributed by atoms with Gasteiger partial charge in [-0.25, -0.2) is 4.98 Å². The average molecular weight is 356 g/mol. The van der Waals surface area contributed by atoms with Crippen molar-refractivity contribution in [3.63, 3.8) is 0 Å². The summed E-state index contributed by atoms with van der Waals surface area (Å²) in [7, 11) is 3.25. The molecule has 23 heavy (non-hydrogen) atoms. The fourth-order valence-corrected chi connectivity index (χ4v) is 2.72. The summed E-state index contributed by atoms with van der Waals surface area (Å²) in [6.07, 6.45) is 1.49. The Kier molecular flexibility index (Phi) is 5.68. The number of hydrogen-bond acceptors (Lipinski definition) is 5. The van der Waals surface area contributed by atoms with E-state index in [2.05, 4.69) is 15.3 Å². The smallest absolute Gasteiger partial charge is 0.154 e. The molecule has 0 radical (unpaired) electrons. The van der Waals surface area contributed by atoms with Crippen LogP contribution in [0.1, 0.15) is 25.1 Å². The molecule has 1 aromatic heterocycles. The van der Waals surface area contributed by atoms with Gasteiger partial charge in [-0.3, -0.25) is 4.98 Å². The zero-order valence-electron chi connectivity index (χ0n) is 13.5. The number of halogens is 2. The van der Waals surface area contributed by atoms with Crippen LogP contribution in [0.3, 0.4) is 0 Å². The second-order valence-electron chi connectivity index (χ2n) is 5.49. The molecule has 1 heterocycles. The summed E-state index contributed by atoms with van der Waals surface area (Å²) in [6, 6.07) is 5.69. The van der Waals surface area contributed by atoms with Gasteiger partial charge < -0.3 is 14.8 Å². The van der Waals surface area contributed by atoms with Gasteiger partial charge in [0, 0.05) is 18.2 Å². The highest BCUT2D eigenvalue weighted by Gasteiger charge is 2.26. The molecular formula is C16H19Cl2N3O2. The van der Waals surface area contributed by atoms with Gasteiger partial charge in [-0.1, -0.05) is 29.3 Å². The lowest BCUT2D eigenvalue weighted by atomic mass is 10.0. The van der Waals surface area contributed by atoms with Crippen LogP contribution in [0.5, 0.6) is 11.5 Å². The average Bonchev–Trinajstić information content (AvgIpc) is 2.52. The number of ether oxygens (including phenoxy) is 2. The van der Waals surface area contributed by atoms with E-state index in [-0.39, 0.29) is 10.3 Å². The monoisotopic (exact) mass is 355 g/mol. The van der Waals surface area contributed by atoms with Crippen molar-refractivity contribution in [3.05, 3.63) is 46.0 Å². The molecule has 1 N–H and O–H groups in total. The Labute approximate surface area is 146 Å². The minimum absolute atomic E-state index is 0.270. The summed E-state index contributed by atoms with van der Waals surface area (Å²) in [4.78, 5) is 8.33. The summed E-state index contributed by atoms with van der Waals surface area (Å²) in [5.41, 5.74) is 1.15. The van der Waals surface area contributed by atoms with E-state index in [1.54, 1.807) is 14.2 Å². The van der Waals surface area contributed by atoms with E-state index in [1.165, 1.54) is 6.20 Å². The van der Waals surface area contributed by atoms with Gasteiger partial charge in [0.2, 0.25) is 0 Å². The molecule has 0 bridgehead atoms. The van der Waals surface area contributed by atoms with Gasteiger partial charge in [0.05, 0.1) is 31.6 Å². The lowest BCUT2D eigenvalue weighted by molar-refractivity contribution is 0.369. The molecule has 2 aromatic rings. The van der Waals surface area contributed by atoms with E-state index in [4.69, 9.17) is 32.7 Å². The highest BCUT2D eigenvalue weighted by molar-refractivity contribution is 6.32. The Balaban J connectivity index is 2.18. The molecule has 0 aliphatic heterocycles. The molecule has 0 aliphatic carbocycles. The number of aromatic nitrogens is 2. The lowest BCUT2D eigenvalue weighted by Crippen LogP contribution is -2.37. The maximum absolute atomic E-state index is 6.15. The van der Waals surface area contributed by atoms with Gasteiger partial charge >= 0.3 is 0 Å². The Hall–Kier alpha value is -1.56. The van der Waals surface area contributed by atoms with Crippen molar-refractivity contribution < 1.29 is 9.47 Å². The first kappa shape index (κ1) is 17.8. The predicted octanol–water partition coefficient (Wildman–Crippen LogP) is 3.83. The minimum atomic E-state index is -0.486. The maximum Gasteiger partial charge on any atom is 0.154 e. The zero-order chi connectivity index (χ0) is 17.0. The first-order chi connectivity index (χ1) is 10.9. The van der Waals surface area contributed by atoms with E-state index in [9.17, 15) is 0 Å². The van der Waals surface area contributed by atoms with E-state index >= 15 is 0 Å². The van der Waals surface area contributed by atoms with Crippen molar-refractivity contribution in [2.24, 2.45) is 0 Å². The van der Waals surface area contributed by atoms with Crippen LogP contribution in [0.25, 0.3) is 0 Å². The largest absolute Gasteiger partial charge is 0.497 e. The van der Waals surface area contributed by atoms with Crippen LogP contribution in [-0.4, -0.2) is 24.2 Å². The first-order valence-electron chi connectivity index (χ1n) is 7.02. The van der Waals surface area contributed by atoms with Crippen LogP contribution in [0.15, 0.2) is 24.4 Å². The molecule has 0 atom stereocenters. The van der Waals surface area contributed by atoms with Crippen molar-refractivity contribution in [2.45, 2.75) is 25.9 Å². The van der Waals surface area contributed by atoms with Crippen LogP contribution >= 0.6 is 23.2 Å². The number of benzene rings is 1. The fourth-order valence-electron chi connectivity index (χ4n) is 2.16. The SMILES string of the molecule is COc1ccc(CNC(C)(C)c2ncc(Cl)nc2Cl)c(OC)c1. The topological polar surface area (TPSA) is 56.3 Å². The van der Waals surface area contributed by atoms with Crippen LogP contribution in [-0.2, 0) is 12.1 Å². The molecule has 0 fully saturated rings. The highest BCUT2D eigenvalue weighted by Crippen LogP contribution is 2.28. The maximum atomic E-state index is 6.15. The molecule has 2 rings (SSSR count). The number of nitrogens with one attached hydrogen (secondary N) is 1. The van der Waals surface area contributed by atoms with Crippen molar-refractivity contribution in [1.82, 2.24) is 15.3 Å². The minimum Gasteiger partial charge on any atom is -0.497 e. The van der Waals surface area contributed by atoms with Crippen LogP contribution in [0.2, 0.25) is 10.3 Å². The predicted molar refractivity (Wildman–Crippen MR) is 91.5 cm³/mol. The number of hydrogen-bond donors (Lipinski definition) is 1. The van der Waals surface area contributed by atoms with Crippen molar-refractivity contribution in [2.75, 3.05) is 14.2 Å². The summed E-state index contributed by atoms with van der Waals surface area (Å²) in [6.45, 7) is 4.53. The normalized spacial score (nSPS) is 11.4.